The van der Waals surface area contributed by atoms with Crippen LogP contribution in [0.25, 0.3) is 0 Å². The van der Waals surface area contributed by atoms with Crippen LogP contribution in [0, 0.1) is 13.8 Å². The zero-order valence-electron chi connectivity index (χ0n) is 13.6. The topological polar surface area (TPSA) is 101 Å². The summed E-state index contributed by atoms with van der Waals surface area (Å²) < 4.78 is 4.82. The molecule has 7 heteroatoms. The van der Waals surface area contributed by atoms with Gasteiger partial charge in [-0.05, 0) is 19.4 Å². The van der Waals surface area contributed by atoms with Crippen molar-refractivity contribution >= 4 is 23.4 Å². The van der Waals surface area contributed by atoms with Crippen LogP contribution in [-0.4, -0.2) is 29.3 Å². The van der Waals surface area contributed by atoms with Gasteiger partial charge in [0, 0.05) is 24.5 Å². The van der Waals surface area contributed by atoms with E-state index in [4.69, 9.17) is 4.52 Å². The first-order valence-electron chi connectivity index (χ1n) is 7.54. The third kappa shape index (κ3) is 5.05. The maximum absolute atomic E-state index is 12.1. The predicted octanol–water partition coefficient (Wildman–Crippen LogP) is 2.01. The van der Waals surface area contributed by atoms with Crippen molar-refractivity contribution in [1.29, 1.82) is 0 Å². The minimum Gasteiger partial charge on any atom is -0.360 e. The molecule has 0 saturated heterocycles. The molecule has 0 aliphatic rings. The molecule has 2 amide bonds. The number of aromatic nitrogens is 1. The van der Waals surface area contributed by atoms with Crippen molar-refractivity contribution in [1.82, 2.24) is 10.5 Å². The van der Waals surface area contributed by atoms with Crippen molar-refractivity contribution in [3.8, 4) is 0 Å². The number of carbonyl (C=O) groups excluding carboxylic acids is 3. The molecule has 2 rings (SSSR count). The maximum atomic E-state index is 12.1. The van der Waals surface area contributed by atoms with Gasteiger partial charge >= 0.3 is 0 Å². The lowest BCUT2D eigenvalue weighted by atomic mass is 10.0. The van der Waals surface area contributed by atoms with Crippen molar-refractivity contribution in [2.24, 2.45) is 0 Å². The summed E-state index contributed by atoms with van der Waals surface area (Å²) in [6.07, 6.45) is 0.129. The smallest absolute Gasteiger partial charge is 0.245 e. The van der Waals surface area contributed by atoms with Crippen molar-refractivity contribution in [3.05, 3.63) is 47.2 Å². The maximum Gasteiger partial charge on any atom is 0.245 e. The number of nitrogens with zero attached hydrogens (tertiary/aromatic N) is 1. The minimum atomic E-state index is -0.415. The fraction of sp³-hybridized carbons (Fsp3) is 0.294. The van der Waals surface area contributed by atoms with Crippen LogP contribution in [0.3, 0.4) is 0 Å². The largest absolute Gasteiger partial charge is 0.360 e. The van der Waals surface area contributed by atoms with E-state index in [1.807, 2.05) is 19.1 Å². The van der Waals surface area contributed by atoms with E-state index >= 15 is 0 Å². The number of carbonyl (C=O) groups is 3. The van der Waals surface area contributed by atoms with Gasteiger partial charge in [0.05, 0.1) is 6.54 Å². The molecule has 0 aliphatic heterocycles. The lowest BCUT2D eigenvalue weighted by molar-refractivity contribution is -0.124. The average molecular weight is 329 g/mol. The average Bonchev–Trinajstić information content (AvgIpc) is 2.96. The third-order valence-electron chi connectivity index (χ3n) is 3.37. The first-order chi connectivity index (χ1) is 11.5. The Morgan fingerprint density at radius 3 is 2.50 bits per heavy atom. The second kappa shape index (κ2) is 8.05. The van der Waals surface area contributed by atoms with Crippen LogP contribution in [-0.2, 0) is 9.59 Å². The summed E-state index contributed by atoms with van der Waals surface area (Å²) in [6, 6.07) is 8.80. The first-order valence-corrected chi connectivity index (χ1v) is 7.54. The van der Waals surface area contributed by atoms with Gasteiger partial charge in [0.15, 0.2) is 11.6 Å². The Hall–Kier alpha value is -2.96. The highest BCUT2D eigenvalue weighted by Gasteiger charge is 2.12. The summed E-state index contributed by atoms with van der Waals surface area (Å²) in [6.45, 7) is 3.36. The molecule has 1 aromatic carbocycles. The third-order valence-corrected chi connectivity index (χ3v) is 3.37. The Morgan fingerprint density at radius 2 is 1.83 bits per heavy atom. The second-order valence-electron chi connectivity index (χ2n) is 5.39. The fourth-order valence-electron chi connectivity index (χ4n) is 2.13. The van der Waals surface area contributed by atoms with Gasteiger partial charge in [-0.1, -0.05) is 29.4 Å². The molecule has 2 N–H and O–H groups in total. The van der Waals surface area contributed by atoms with Crippen molar-refractivity contribution < 1.29 is 18.9 Å². The van der Waals surface area contributed by atoms with E-state index in [1.54, 1.807) is 25.1 Å². The van der Waals surface area contributed by atoms with Crippen LogP contribution in [0.4, 0.5) is 5.82 Å². The number of ketones is 1. The van der Waals surface area contributed by atoms with E-state index in [1.165, 1.54) is 0 Å². The Bertz CT molecular complexity index is 752. The molecule has 0 aliphatic carbocycles. The molecule has 0 atom stereocenters. The molecule has 0 spiro atoms. The standard InChI is InChI=1S/C17H19N3O4/c1-11-5-3-4-6-13(11)14(21)7-8-16(22)18-10-17(23)19-15-9-12(2)24-20-15/h3-6,9H,7-8,10H2,1-2H3,(H,18,22)(H,19,20,23). The van der Waals surface area contributed by atoms with Crippen LogP contribution in [0.15, 0.2) is 34.9 Å². The number of hydrogen-bond acceptors (Lipinski definition) is 5. The van der Waals surface area contributed by atoms with Crippen LogP contribution in [0.5, 0.6) is 0 Å². The second-order valence-corrected chi connectivity index (χ2v) is 5.39. The van der Waals surface area contributed by atoms with Gasteiger partial charge in [0.25, 0.3) is 0 Å². The first kappa shape index (κ1) is 17.4. The van der Waals surface area contributed by atoms with Gasteiger partial charge in [-0.25, -0.2) is 0 Å². The number of amides is 2. The number of nitrogens with one attached hydrogen (secondary N) is 2. The summed E-state index contributed by atoms with van der Waals surface area (Å²) in [5, 5.41) is 8.58. The molecule has 126 valence electrons. The Balaban J connectivity index is 1.72. The van der Waals surface area contributed by atoms with Gasteiger partial charge in [-0.3, -0.25) is 14.4 Å². The van der Waals surface area contributed by atoms with Gasteiger partial charge in [-0.15, -0.1) is 0 Å². The summed E-state index contributed by atoms with van der Waals surface area (Å²) in [5.74, 6) is 0.00149. The Morgan fingerprint density at radius 1 is 1.08 bits per heavy atom. The van der Waals surface area contributed by atoms with Crippen molar-refractivity contribution in [2.75, 3.05) is 11.9 Å². The fourth-order valence-corrected chi connectivity index (χ4v) is 2.13. The normalized spacial score (nSPS) is 10.2. The molecule has 2 aromatic rings. The number of aryl methyl sites for hydroxylation is 2. The van der Waals surface area contributed by atoms with Gasteiger partial charge < -0.3 is 15.2 Å². The van der Waals surface area contributed by atoms with Gasteiger partial charge in [0.2, 0.25) is 11.8 Å². The van der Waals surface area contributed by atoms with Crippen molar-refractivity contribution in [2.45, 2.75) is 26.7 Å². The number of hydrogen-bond donors (Lipinski definition) is 2. The Kier molecular flexibility index (Phi) is 5.83. The van der Waals surface area contributed by atoms with Crippen LogP contribution in [0.2, 0.25) is 0 Å². The van der Waals surface area contributed by atoms with Crippen molar-refractivity contribution in [3.63, 3.8) is 0 Å². The highest BCUT2D eigenvalue weighted by Crippen LogP contribution is 2.11. The molecule has 0 radical (unpaired) electrons. The lowest BCUT2D eigenvalue weighted by Gasteiger charge is -2.06. The molecule has 1 heterocycles. The molecule has 0 fully saturated rings. The highest BCUT2D eigenvalue weighted by molar-refractivity contribution is 5.99. The van der Waals surface area contributed by atoms with Crippen LogP contribution < -0.4 is 10.6 Å². The SMILES string of the molecule is Cc1cc(NC(=O)CNC(=O)CCC(=O)c2ccccc2C)no1. The number of benzene rings is 1. The minimum absolute atomic E-state index is 0.0313. The summed E-state index contributed by atoms with van der Waals surface area (Å²) in [4.78, 5) is 35.5. The van der Waals surface area contributed by atoms with E-state index in [-0.39, 0.29) is 31.1 Å². The monoisotopic (exact) mass is 329 g/mol. The van der Waals surface area contributed by atoms with E-state index in [0.717, 1.165) is 5.56 Å². The van der Waals surface area contributed by atoms with Crippen LogP contribution >= 0.6 is 0 Å². The highest BCUT2D eigenvalue weighted by atomic mass is 16.5. The molecular formula is C17H19N3O4. The molecule has 0 saturated carbocycles. The predicted molar refractivity (Wildman–Crippen MR) is 87.6 cm³/mol. The zero-order chi connectivity index (χ0) is 17.5. The number of rotatable bonds is 7. The molecule has 1 aromatic heterocycles. The summed E-state index contributed by atoms with van der Waals surface area (Å²) in [5.41, 5.74) is 1.50. The number of Topliss-reactive ketones (excluding diaryl/α,β-unsaturated/α-hetero) is 1. The van der Waals surface area contributed by atoms with Gasteiger partial charge in [-0.2, -0.15) is 0 Å². The molecule has 0 unspecified atom stereocenters. The molecule has 7 nitrogen and oxygen atoms in total. The molecular weight excluding hydrogens is 310 g/mol. The van der Waals surface area contributed by atoms with Gasteiger partial charge in [0.1, 0.15) is 5.76 Å². The van der Waals surface area contributed by atoms with E-state index in [2.05, 4.69) is 15.8 Å². The molecule has 0 bridgehead atoms. The van der Waals surface area contributed by atoms with E-state index in [9.17, 15) is 14.4 Å². The Labute approximate surface area is 139 Å². The zero-order valence-corrected chi connectivity index (χ0v) is 13.6. The summed E-state index contributed by atoms with van der Waals surface area (Å²) >= 11 is 0. The van der Waals surface area contributed by atoms with Crippen LogP contribution in [0.1, 0.15) is 34.5 Å². The summed E-state index contributed by atoms with van der Waals surface area (Å²) in [7, 11) is 0. The quantitative estimate of drug-likeness (QED) is 0.757. The lowest BCUT2D eigenvalue weighted by Crippen LogP contribution is -2.33. The molecule has 24 heavy (non-hydrogen) atoms. The van der Waals surface area contributed by atoms with E-state index in [0.29, 0.717) is 17.1 Å². The van der Waals surface area contributed by atoms with E-state index < -0.39 is 5.91 Å². The number of anilines is 1.